The molecule has 0 heterocycles. The van der Waals surface area contributed by atoms with Crippen LogP contribution in [0, 0.1) is 0 Å². The zero-order valence-corrected chi connectivity index (χ0v) is 13.5. The Balaban J connectivity index is 0. The van der Waals surface area contributed by atoms with Gasteiger partial charge in [-0.15, -0.1) is 0 Å². The largest absolute Gasteiger partial charge is 0.726 e. The lowest BCUT2D eigenvalue weighted by Gasteiger charge is -2.32. The van der Waals surface area contributed by atoms with E-state index in [1.165, 1.54) is 6.92 Å². The highest BCUT2D eigenvalue weighted by Crippen LogP contribution is 2.12. The Morgan fingerprint density at radius 1 is 1.40 bits per heavy atom. The predicted octanol–water partition coefficient (Wildman–Crippen LogP) is -0.387. The highest BCUT2D eigenvalue weighted by molar-refractivity contribution is 7.80. The Labute approximate surface area is 120 Å². The van der Waals surface area contributed by atoms with Gasteiger partial charge in [-0.3, -0.25) is 4.18 Å². The van der Waals surface area contributed by atoms with Crippen molar-refractivity contribution in [3.8, 4) is 0 Å². The van der Waals surface area contributed by atoms with Crippen molar-refractivity contribution in [2.24, 2.45) is 0 Å². The van der Waals surface area contributed by atoms with E-state index in [0.29, 0.717) is 11.0 Å². The number of ether oxygens (including phenoxy) is 1. The van der Waals surface area contributed by atoms with E-state index in [1.54, 1.807) is 6.92 Å². The van der Waals surface area contributed by atoms with Crippen LogP contribution in [0.3, 0.4) is 0 Å². The lowest BCUT2D eigenvalue weighted by molar-refractivity contribution is -0.880. The SMILES string of the molecule is C=C(C)C(=O)OC(C)(O)C[N+](C)(C)C.COS(=O)(=O)[O-]. The summed E-state index contributed by atoms with van der Waals surface area (Å²) in [5.74, 6) is -2.02. The van der Waals surface area contributed by atoms with Crippen molar-refractivity contribution < 1.29 is 36.3 Å². The summed E-state index contributed by atoms with van der Waals surface area (Å²) in [6.45, 7) is 6.79. The lowest BCUT2D eigenvalue weighted by atomic mass is 10.2. The average Bonchev–Trinajstić information content (AvgIpc) is 2.12. The van der Waals surface area contributed by atoms with Crippen LogP contribution in [0.1, 0.15) is 13.8 Å². The summed E-state index contributed by atoms with van der Waals surface area (Å²) in [4.78, 5) is 11.2. The molecule has 0 aliphatic heterocycles. The van der Waals surface area contributed by atoms with Gasteiger partial charge in [0.1, 0.15) is 6.54 Å². The lowest BCUT2D eigenvalue weighted by Crippen LogP contribution is -2.50. The number of carbonyl (C=O) groups is 1. The number of nitrogens with zero attached hydrogens (tertiary/aromatic N) is 1. The van der Waals surface area contributed by atoms with Gasteiger partial charge in [-0.2, -0.15) is 0 Å². The zero-order valence-electron chi connectivity index (χ0n) is 12.7. The molecule has 0 aromatic rings. The molecule has 0 saturated carbocycles. The molecular formula is C11H23NO7S. The van der Waals surface area contributed by atoms with Crippen molar-refractivity contribution in [1.82, 2.24) is 0 Å². The number of hydrogen-bond acceptors (Lipinski definition) is 7. The van der Waals surface area contributed by atoms with Crippen LogP contribution >= 0.6 is 0 Å². The molecule has 9 heteroatoms. The number of quaternary nitrogens is 1. The molecule has 20 heavy (non-hydrogen) atoms. The minimum Gasteiger partial charge on any atom is -0.726 e. The van der Waals surface area contributed by atoms with Crippen LogP contribution in [0.25, 0.3) is 0 Å². The quantitative estimate of drug-likeness (QED) is 0.184. The fraction of sp³-hybridized carbons (Fsp3) is 0.727. The molecule has 0 aliphatic rings. The Bertz CT molecular complexity index is 434. The van der Waals surface area contributed by atoms with Crippen molar-refractivity contribution >= 4 is 16.4 Å². The van der Waals surface area contributed by atoms with Crippen LogP contribution < -0.4 is 0 Å². The van der Waals surface area contributed by atoms with E-state index in [-0.39, 0.29) is 5.57 Å². The van der Waals surface area contributed by atoms with E-state index in [0.717, 1.165) is 7.11 Å². The van der Waals surface area contributed by atoms with Gasteiger partial charge in [-0.05, 0) is 6.92 Å². The van der Waals surface area contributed by atoms with Crippen LogP contribution in [-0.4, -0.2) is 69.1 Å². The third-order valence-electron chi connectivity index (χ3n) is 1.63. The minimum atomic E-state index is -4.41. The highest BCUT2D eigenvalue weighted by atomic mass is 32.3. The molecule has 0 aromatic heterocycles. The van der Waals surface area contributed by atoms with Gasteiger partial charge in [0.25, 0.3) is 5.79 Å². The molecule has 0 radical (unpaired) electrons. The zero-order chi connectivity index (χ0) is 16.8. The van der Waals surface area contributed by atoms with E-state index < -0.39 is 22.2 Å². The number of rotatable bonds is 5. The first-order valence-corrected chi connectivity index (χ1v) is 6.86. The molecule has 0 aliphatic carbocycles. The van der Waals surface area contributed by atoms with E-state index in [1.807, 2.05) is 21.1 Å². The minimum absolute atomic E-state index is 0.284. The molecule has 0 bridgehead atoms. The smallest absolute Gasteiger partial charge is 0.335 e. The molecule has 0 fully saturated rings. The highest BCUT2D eigenvalue weighted by Gasteiger charge is 2.32. The monoisotopic (exact) mass is 313 g/mol. The topological polar surface area (TPSA) is 113 Å². The van der Waals surface area contributed by atoms with Crippen molar-refractivity contribution in [3.63, 3.8) is 0 Å². The van der Waals surface area contributed by atoms with Crippen LogP contribution in [-0.2, 0) is 24.1 Å². The first kappa shape index (κ1) is 21.3. The second-order valence-electron chi connectivity index (χ2n) is 5.37. The van der Waals surface area contributed by atoms with Crippen molar-refractivity contribution in [2.75, 3.05) is 34.8 Å². The van der Waals surface area contributed by atoms with Gasteiger partial charge in [0, 0.05) is 12.5 Å². The molecule has 0 amide bonds. The Kier molecular flexibility index (Phi) is 8.20. The summed E-state index contributed by atoms with van der Waals surface area (Å²) in [5.41, 5.74) is 0.284. The Hall–Kier alpha value is -1.00. The number of hydrogen-bond donors (Lipinski definition) is 1. The molecule has 1 unspecified atom stereocenters. The maximum absolute atomic E-state index is 11.2. The summed E-state index contributed by atoms with van der Waals surface area (Å²) < 4.78 is 36.4. The molecule has 1 N–H and O–H groups in total. The van der Waals surface area contributed by atoms with E-state index in [2.05, 4.69) is 10.8 Å². The standard InChI is InChI=1S/C10H20NO3.CH4O4S/c1-8(2)9(12)14-10(3,13)7-11(4,5)6;1-5-6(2,3)4/h13H,1,7H2,2-6H3;1H3,(H,2,3,4)/q+1;/p-1. The van der Waals surface area contributed by atoms with Crippen molar-refractivity contribution in [1.29, 1.82) is 0 Å². The molecule has 120 valence electrons. The van der Waals surface area contributed by atoms with Crippen LogP contribution in [0.4, 0.5) is 0 Å². The number of likely N-dealkylation sites (N-methyl/N-ethyl adjacent to an activating group) is 1. The summed E-state index contributed by atoms with van der Waals surface area (Å²) in [6.07, 6.45) is 0. The summed E-state index contributed by atoms with van der Waals surface area (Å²) in [5, 5.41) is 9.77. The fourth-order valence-corrected chi connectivity index (χ4v) is 1.20. The Morgan fingerprint density at radius 2 is 1.75 bits per heavy atom. The molecule has 8 nitrogen and oxygen atoms in total. The predicted molar refractivity (Wildman–Crippen MR) is 71.1 cm³/mol. The average molecular weight is 313 g/mol. The van der Waals surface area contributed by atoms with E-state index in [4.69, 9.17) is 4.74 Å². The van der Waals surface area contributed by atoms with Gasteiger partial charge in [-0.25, -0.2) is 13.2 Å². The van der Waals surface area contributed by atoms with Crippen LogP contribution in [0.5, 0.6) is 0 Å². The Morgan fingerprint density at radius 3 is 1.95 bits per heavy atom. The van der Waals surface area contributed by atoms with Crippen LogP contribution in [0.15, 0.2) is 12.2 Å². The first-order chi connectivity index (χ1) is 8.59. The van der Waals surface area contributed by atoms with Gasteiger partial charge in [0.15, 0.2) is 0 Å². The van der Waals surface area contributed by atoms with Gasteiger partial charge < -0.3 is 18.9 Å². The summed E-state index contributed by atoms with van der Waals surface area (Å²) >= 11 is 0. The second kappa shape index (κ2) is 7.70. The van der Waals surface area contributed by atoms with Gasteiger partial charge in [0.2, 0.25) is 10.4 Å². The molecule has 1 atom stereocenters. The molecular weight excluding hydrogens is 290 g/mol. The first-order valence-electron chi connectivity index (χ1n) is 5.53. The van der Waals surface area contributed by atoms with Crippen LogP contribution in [0.2, 0.25) is 0 Å². The maximum atomic E-state index is 11.2. The number of esters is 1. The second-order valence-corrected chi connectivity index (χ2v) is 6.52. The molecule has 0 rings (SSSR count). The van der Waals surface area contributed by atoms with Crippen molar-refractivity contribution in [3.05, 3.63) is 12.2 Å². The fourth-order valence-electron chi connectivity index (χ4n) is 1.20. The summed E-state index contributed by atoms with van der Waals surface area (Å²) in [7, 11) is 2.11. The normalized spacial score (nSPS) is 14.6. The summed E-state index contributed by atoms with van der Waals surface area (Å²) in [6, 6.07) is 0. The third-order valence-corrected chi connectivity index (χ3v) is 2.04. The maximum Gasteiger partial charge on any atom is 0.335 e. The molecule has 0 saturated heterocycles. The van der Waals surface area contributed by atoms with Crippen molar-refractivity contribution in [2.45, 2.75) is 19.6 Å². The van der Waals surface area contributed by atoms with Gasteiger partial charge in [0.05, 0.1) is 28.3 Å². The molecule has 0 spiro atoms. The number of aliphatic hydroxyl groups is 1. The van der Waals surface area contributed by atoms with E-state index >= 15 is 0 Å². The number of carbonyl (C=O) groups excluding carboxylic acids is 1. The third kappa shape index (κ3) is 15.1. The van der Waals surface area contributed by atoms with Gasteiger partial charge >= 0.3 is 5.97 Å². The molecule has 0 aromatic carbocycles. The van der Waals surface area contributed by atoms with Gasteiger partial charge in [-0.1, -0.05) is 6.58 Å². The van der Waals surface area contributed by atoms with E-state index in [9.17, 15) is 22.9 Å².